The zero-order valence-corrected chi connectivity index (χ0v) is 19.1. The second-order valence-electron chi connectivity index (χ2n) is 8.11. The Balaban J connectivity index is 1.38. The van der Waals surface area contributed by atoms with E-state index in [1.54, 1.807) is 12.1 Å². The van der Waals surface area contributed by atoms with Gasteiger partial charge in [-0.25, -0.2) is 4.98 Å². The molecule has 1 N–H and O–H groups in total. The van der Waals surface area contributed by atoms with Crippen LogP contribution in [0.3, 0.4) is 0 Å². The summed E-state index contributed by atoms with van der Waals surface area (Å²) in [5, 5.41) is 3.28. The normalized spacial score (nSPS) is 15.1. The SMILES string of the molecule is O=C(Nc1ccc(N2CCCN(Cc3ccccc3Cl)CC2)nc1)c1ccccc1C(F)(F)F. The minimum absolute atomic E-state index is 0.334. The molecule has 3 aromatic rings. The highest BCUT2D eigenvalue weighted by atomic mass is 35.5. The van der Waals surface area contributed by atoms with Gasteiger partial charge in [-0.15, -0.1) is 0 Å². The molecule has 0 aliphatic carbocycles. The summed E-state index contributed by atoms with van der Waals surface area (Å²) in [6.07, 6.45) is -2.18. The lowest BCUT2D eigenvalue weighted by molar-refractivity contribution is -0.137. The van der Waals surface area contributed by atoms with Crippen LogP contribution in [0.5, 0.6) is 0 Å². The molecule has 0 spiro atoms. The fourth-order valence-electron chi connectivity index (χ4n) is 4.00. The topological polar surface area (TPSA) is 48.5 Å². The molecule has 0 bridgehead atoms. The number of nitrogens with one attached hydrogen (secondary N) is 1. The molecule has 1 amide bonds. The molecule has 1 fully saturated rings. The number of amides is 1. The molecular formula is C25H24ClF3N4O. The number of halogens is 4. The largest absolute Gasteiger partial charge is 0.417 e. The number of aromatic nitrogens is 1. The number of hydrogen-bond acceptors (Lipinski definition) is 4. The predicted molar refractivity (Wildman–Crippen MR) is 127 cm³/mol. The molecule has 34 heavy (non-hydrogen) atoms. The van der Waals surface area contributed by atoms with Gasteiger partial charge in [-0.05, 0) is 42.3 Å². The molecule has 0 atom stereocenters. The molecule has 178 valence electrons. The summed E-state index contributed by atoms with van der Waals surface area (Å²) in [7, 11) is 0. The highest BCUT2D eigenvalue weighted by Gasteiger charge is 2.34. The molecule has 9 heteroatoms. The van der Waals surface area contributed by atoms with Crippen molar-refractivity contribution in [3.8, 4) is 0 Å². The van der Waals surface area contributed by atoms with Crippen molar-refractivity contribution in [2.24, 2.45) is 0 Å². The molecule has 0 saturated carbocycles. The molecule has 0 unspecified atom stereocenters. The lowest BCUT2D eigenvalue weighted by Gasteiger charge is -2.23. The lowest BCUT2D eigenvalue weighted by atomic mass is 10.1. The molecular weight excluding hydrogens is 465 g/mol. The van der Waals surface area contributed by atoms with E-state index < -0.39 is 23.2 Å². The van der Waals surface area contributed by atoms with E-state index in [1.807, 2.05) is 24.3 Å². The van der Waals surface area contributed by atoms with Crippen molar-refractivity contribution in [2.45, 2.75) is 19.1 Å². The van der Waals surface area contributed by atoms with Crippen LogP contribution in [0.15, 0.2) is 66.9 Å². The van der Waals surface area contributed by atoms with Crippen molar-refractivity contribution in [3.05, 3.63) is 88.6 Å². The Bertz CT molecular complexity index is 1140. The predicted octanol–water partition coefficient (Wildman–Crippen LogP) is 5.72. The zero-order chi connectivity index (χ0) is 24.1. The van der Waals surface area contributed by atoms with Crippen LogP contribution in [-0.2, 0) is 12.7 Å². The fourth-order valence-corrected chi connectivity index (χ4v) is 4.19. The Morgan fingerprint density at radius 1 is 0.971 bits per heavy atom. The quantitative estimate of drug-likeness (QED) is 0.499. The first-order valence-corrected chi connectivity index (χ1v) is 11.3. The minimum Gasteiger partial charge on any atom is -0.355 e. The van der Waals surface area contributed by atoms with E-state index in [0.29, 0.717) is 5.69 Å². The van der Waals surface area contributed by atoms with Gasteiger partial charge in [0.15, 0.2) is 0 Å². The summed E-state index contributed by atoms with van der Waals surface area (Å²) >= 11 is 6.30. The van der Waals surface area contributed by atoms with Gasteiger partial charge in [0.1, 0.15) is 5.82 Å². The van der Waals surface area contributed by atoms with Crippen LogP contribution in [0, 0.1) is 0 Å². The van der Waals surface area contributed by atoms with Crippen LogP contribution in [0.4, 0.5) is 24.7 Å². The van der Waals surface area contributed by atoms with Crippen LogP contribution < -0.4 is 10.2 Å². The summed E-state index contributed by atoms with van der Waals surface area (Å²) in [6, 6.07) is 16.0. The number of pyridine rings is 1. The van der Waals surface area contributed by atoms with E-state index in [2.05, 4.69) is 20.1 Å². The van der Waals surface area contributed by atoms with Crippen molar-refractivity contribution in [1.29, 1.82) is 0 Å². The van der Waals surface area contributed by atoms with Gasteiger partial charge >= 0.3 is 6.18 Å². The molecule has 1 saturated heterocycles. The number of rotatable bonds is 5. The van der Waals surface area contributed by atoms with E-state index in [9.17, 15) is 18.0 Å². The summed E-state index contributed by atoms with van der Waals surface area (Å²) in [4.78, 5) is 21.4. The van der Waals surface area contributed by atoms with E-state index in [4.69, 9.17) is 11.6 Å². The third-order valence-electron chi connectivity index (χ3n) is 5.75. The van der Waals surface area contributed by atoms with Crippen molar-refractivity contribution < 1.29 is 18.0 Å². The number of alkyl halides is 3. The molecule has 0 radical (unpaired) electrons. The maximum absolute atomic E-state index is 13.2. The van der Waals surface area contributed by atoms with Gasteiger partial charge in [-0.1, -0.05) is 41.9 Å². The highest BCUT2D eigenvalue weighted by molar-refractivity contribution is 6.31. The van der Waals surface area contributed by atoms with E-state index in [1.165, 1.54) is 18.3 Å². The van der Waals surface area contributed by atoms with E-state index in [-0.39, 0.29) is 0 Å². The Kier molecular flexibility index (Phi) is 7.38. The summed E-state index contributed by atoms with van der Waals surface area (Å²) < 4.78 is 39.6. The fraction of sp³-hybridized carbons (Fsp3) is 0.280. The van der Waals surface area contributed by atoms with Crippen molar-refractivity contribution >= 4 is 29.0 Å². The van der Waals surface area contributed by atoms with Crippen molar-refractivity contribution in [2.75, 3.05) is 36.4 Å². The zero-order valence-electron chi connectivity index (χ0n) is 18.4. The van der Waals surface area contributed by atoms with Gasteiger partial charge in [0, 0.05) is 37.7 Å². The van der Waals surface area contributed by atoms with Crippen LogP contribution in [0.25, 0.3) is 0 Å². The van der Waals surface area contributed by atoms with Gasteiger partial charge < -0.3 is 10.2 Å². The van der Waals surface area contributed by atoms with Gasteiger partial charge in [-0.2, -0.15) is 13.2 Å². The summed E-state index contributed by atoms with van der Waals surface area (Å²) in [5.41, 5.74) is 0.0389. The molecule has 2 heterocycles. The molecule has 4 rings (SSSR count). The average molecular weight is 489 g/mol. The number of carbonyl (C=O) groups is 1. The van der Waals surface area contributed by atoms with Gasteiger partial charge in [0.05, 0.1) is 23.0 Å². The highest BCUT2D eigenvalue weighted by Crippen LogP contribution is 2.32. The molecule has 1 aromatic heterocycles. The Hall–Kier alpha value is -3.10. The summed E-state index contributed by atoms with van der Waals surface area (Å²) in [5.74, 6) is -0.0688. The maximum Gasteiger partial charge on any atom is 0.417 e. The second-order valence-corrected chi connectivity index (χ2v) is 8.52. The maximum atomic E-state index is 13.2. The standard InChI is InChI=1S/C25H24ClF3N4O/c26-22-9-4-1-6-18(22)17-32-12-5-13-33(15-14-32)23-11-10-19(16-30-23)31-24(34)20-7-2-3-8-21(20)25(27,28)29/h1-4,6-11,16H,5,12-15,17H2,(H,31,34). The first kappa shape index (κ1) is 24.0. The summed E-state index contributed by atoms with van der Waals surface area (Å²) in [6.45, 7) is 4.18. The molecule has 1 aliphatic heterocycles. The molecule has 1 aliphatic rings. The number of anilines is 2. The Morgan fingerprint density at radius 2 is 1.74 bits per heavy atom. The van der Waals surface area contributed by atoms with Gasteiger partial charge in [-0.3, -0.25) is 9.69 Å². The smallest absolute Gasteiger partial charge is 0.355 e. The van der Waals surface area contributed by atoms with Crippen molar-refractivity contribution in [1.82, 2.24) is 9.88 Å². The molecule has 2 aromatic carbocycles. The monoisotopic (exact) mass is 488 g/mol. The van der Waals surface area contributed by atoms with Gasteiger partial charge in [0.25, 0.3) is 5.91 Å². The lowest BCUT2D eigenvalue weighted by Crippen LogP contribution is -2.31. The second kappa shape index (κ2) is 10.4. The van der Waals surface area contributed by atoms with Crippen molar-refractivity contribution in [3.63, 3.8) is 0 Å². The first-order chi connectivity index (χ1) is 16.3. The van der Waals surface area contributed by atoms with Gasteiger partial charge in [0.2, 0.25) is 0 Å². The van der Waals surface area contributed by atoms with E-state index in [0.717, 1.165) is 67.7 Å². The average Bonchev–Trinajstić information content (AvgIpc) is 3.06. The van der Waals surface area contributed by atoms with Crippen LogP contribution >= 0.6 is 11.6 Å². The third kappa shape index (κ3) is 5.87. The van der Waals surface area contributed by atoms with Crippen LogP contribution in [0.2, 0.25) is 5.02 Å². The van der Waals surface area contributed by atoms with Crippen LogP contribution in [0.1, 0.15) is 27.9 Å². The van der Waals surface area contributed by atoms with Crippen LogP contribution in [-0.4, -0.2) is 42.0 Å². The number of benzene rings is 2. The number of hydrogen-bond donors (Lipinski definition) is 1. The Labute approximate surface area is 201 Å². The molecule has 5 nitrogen and oxygen atoms in total. The minimum atomic E-state index is -4.61. The Morgan fingerprint density at radius 3 is 2.47 bits per heavy atom. The first-order valence-electron chi connectivity index (χ1n) is 11.0. The number of nitrogens with zero attached hydrogens (tertiary/aromatic N) is 3. The van der Waals surface area contributed by atoms with E-state index >= 15 is 0 Å². The third-order valence-corrected chi connectivity index (χ3v) is 6.12. The number of carbonyl (C=O) groups excluding carboxylic acids is 1.